The van der Waals surface area contributed by atoms with E-state index in [0.29, 0.717) is 31.5 Å². The summed E-state index contributed by atoms with van der Waals surface area (Å²) < 4.78 is 4.98. The molecule has 4 N–H and O–H groups in total. The van der Waals surface area contributed by atoms with Gasteiger partial charge in [-0.25, -0.2) is 0 Å². The molecule has 4 nitrogen and oxygen atoms in total. The Balaban J connectivity index is 2.27. The molecule has 0 saturated heterocycles. The molecule has 1 aliphatic carbocycles. The first-order valence-corrected chi connectivity index (χ1v) is 6.24. The zero-order valence-corrected chi connectivity index (χ0v) is 10.5. The lowest BCUT2D eigenvalue weighted by atomic mass is 10.00. The predicted octanol–water partition coefficient (Wildman–Crippen LogP) is 0.491. The molecule has 0 aromatic heterocycles. The lowest BCUT2D eigenvalue weighted by molar-refractivity contribution is 0.0218. The summed E-state index contributed by atoms with van der Waals surface area (Å²) in [7, 11) is 1.66. The number of nitrogens with one attached hydrogen (secondary N) is 1. The molecule has 0 spiro atoms. The van der Waals surface area contributed by atoms with Gasteiger partial charge in [-0.1, -0.05) is 6.42 Å². The highest BCUT2D eigenvalue weighted by Crippen LogP contribution is 2.25. The van der Waals surface area contributed by atoms with Crippen LogP contribution in [-0.2, 0) is 4.74 Å². The second-order valence-corrected chi connectivity index (χ2v) is 5.15. The molecule has 0 aromatic carbocycles. The van der Waals surface area contributed by atoms with Gasteiger partial charge in [-0.05, 0) is 32.2 Å². The largest absolute Gasteiger partial charge is 0.389 e. The minimum atomic E-state index is -0.683. The molecule has 0 bridgehead atoms. The van der Waals surface area contributed by atoms with Crippen LogP contribution in [0.2, 0.25) is 0 Å². The van der Waals surface area contributed by atoms with Crippen LogP contribution in [-0.4, -0.2) is 43.6 Å². The number of hydrogen-bond acceptors (Lipinski definition) is 4. The number of hydrogen-bond donors (Lipinski definition) is 3. The zero-order valence-electron chi connectivity index (χ0n) is 10.5. The summed E-state index contributed by atoms with van der Waals surface area (Å²) in [4.78, 5) is 0. The summed E-state index contributed by atoms with van der Waals surface area (Å²) in [5.74, 6) is 0.582. The quantitative estimate of drug-likeness (QED) is 0.595. The van der Waals surface area contributed by atoms with E-state index >= 15 is 0 Å². The Hall–Kier alpha value is -0.160. The number of ether oxygens (including phenoxy) is 1. The first-order chi connectivity index (χ1) is 7.59. The van der Waals surface area contributed by atoms with E-state index in [-0.39, 0.29) is 0 Å². The van der Waals surface area contributed by atoms with Crippen LogP contribution in [0.5, 0.6) is 0 Å². The monoisotopic (exact) mass is 230 g/mol. The zero-order chi connectivity index (χ0) is 12.0. The molecular weight excluding hydrogens is 204 g/mol. The van der Waals surface area contributed by atoms with Gasteiger partial charge in [-0.3, -0.25) is 0 Å². The van der Waals surface area contributed by atoms with Crippen LogP contribution in [0, 0.1) is 5.92 Å². The molecule has 3 unspecified atom stereocenters. The fourth-order valence-electron chi connectivity index (χ4n) is 2.35. The molecule has 0 aromatic rings. The maximum absolute atomic E-state index is 10.1. The lowest BCUT2D eigenvalue weighted by Gasteiger charge is -2.27. The van der Waals surface area contributed by atoms with Gasteiger partial charge >= 0.3 is 0 Å². The molecule has 4 heteroatoms. The van der Waals surface area contributed by atoms with Crippen LogP contribution in [0.15, 0.2) is 0 Å². The van der Waals surface area contributed by atoms with Crippen molar-refractivity contribution in [1.29, 1.82) is 0 Å². The van der Waals surface area contributed by atoms with Crippen molar-refractivity contribution >= 4 is 0 Å². The van der Waals surface area contributed by atoms with Crippen molar-refractivity contribution in [1.82, 2.24) is 5.32 Å². The van der Waals surface area contributed by atoms with Crippen LogP contribution < -0.4 is 11.1 Å². The van der Waals surface area contributed by atoms with Crippen molar-refractivity contribution in [3.8, 4) is 0 Å². The highest BCUT2D eigenvalue weighted by Gasteiger charge is 2.28. The Bertz CT molecular complexity index is 197. The molecule has 1 saturated carbocycles. The van der Waals surface area contributed by atoms with E-state index in [2.05, 4.69) is 5.32 Å². The maximum atomic E-state index is 10.1. The molecule has 3 atom stereocenters. The Kier molecular flexibility index (Phi) is 5.69. The Morgan fingerprint density at radius 3 is 2.88 bits per heavy atom. The van der Waals surface area contributed by atoms with E-state index in [0.717, 1.165) is 6.54 Å². The Labute approximate surface area is 98.5 Å². The molecule has 0 radical (unpaired) electrons. The van der Waals surface area contributed by atoms with Gasteiger partial charge in [0.2, 0.25) is 0 Å². The van der Waals surface area contributed by atoms with Crippen molar-refractivity contribution in [2.24, 2.45) is 11.7 Å². The van der Waals surface area contributed by atoms with Crippen molar-refractivity contribution in [2.45, 2.75) is 44.2 Å². The predicted molar refractivity (Wildman–Crippen MR) is 65.3 cm³/mol. The summed E-state index contributed by atoms with van der Waals surface area (Å²) in [5.41, 5.74) is 5.04. The van der Waals surface area contributed by atoms with Crippen LogP contribution in [0.1, 0.15) is 32.6 Å². The first-order valence-electron chi connectivity index (χ1n) is 6.24. The van der Waals surface area contributed by atoms with Gasteiger partial charge in [0.15, 0.2) is 0 Å². The third-order valence-corrected chi connectivity index (χ3v) is 3.55. The van der Waals surface area contributed by atoms with Crippen molar-refractivity contribution in [2.75, 3.05) is 26.8 Å². The average molecular weight is 230 g/mol. The van der Waals surface area contributed by atoms with E-state index in [1.807, 2.05) is 6.92 Å². The normalized spacial score (nSPS) is 29.2. The number of nitrogens with two attached hydrogens (primary N) is 1. The van der Waals surface area contributed by atoms with E-state index in [4.69, 9.17) is 10.5 Å². The smallest absolute Gasteiger partial charge is 0.0765 e. The van der Waals surface area contributed by atoms with Crippen LogP contribution in [0.25, 0.3) is 0 Å². The highest BCUT2D eigenvalue weighted by atomic mass is 16.5. The fourth-order valence-corrected chi connectivity index (χ4v) is 2.35. The molecule has 0 aliphatic heterocycles. The summed E-state index contributed by atoms with van der Waals surface area (Å²) in [6.45, 7) is 3.82. The van der Waals surface area contributed by atoms with Crippen molar-refractivity contribution in [3.05, 3.63) is 0 Å². The van der Waals surface area contributed by atoms with Gasteiger partial charge in [0.05, 0.1) is 5.60 Å². The molecule has 1 rings (SSSR count). The van der Waals surface area contributed by atoms with Crippen molar-refractivity contribution < 1.29 is 9.84 Å². The van der Waals surface area contributed by atoms with Gasteiger partial charge in [-0.2, -0.15) is 0 Å². The minimum absolute atomic E-state index is 0.485. The third kappa shape index (κ3) is 4.37. The second-order valence-electron chi connectivity index (χ2n) is 5.15. The standard InChI is InChI=1S/C12H26N2O2/c1-12(15,6-7-16-2)9-14-11-5-3-4-10(11)8-13/h10-11,14-15H,3-9,13H2,1-2H3. The van der Waals surface area contributed by atoms with Gasteiger partial charge in [-0.15, -0.1) is 0 Å². The lowest BCUT2D eigenvalue weighted by Crippen LogP contribution is -2.45. The van der Waals surface area contributed by atoms with E-state index in [1.54, 1.807) is 7.11 Å². The molecule has 0 amide bonds. The van der Waals surface area contributed by atoms with Crippen LogP contribution >= 0.6 is 0 Å². The molecule has 16 heavy (non-hydrogen) atoms. The Morgan fingerprint density at radius 1 is 1.50 bits per heavy atom. The first kappa shape index (κ1) is 13.9. The van der Waals surface area contributed by atoms with Gasteiger partial charge in [0.25, 0.3) is 0 Å². The van der Waals surface area contributed by atoms with Crippen LogP contribution in [0.3, 0.4) is 0 Å². The van der Waals surface area contributed by atoms with E-state index in [1.165, 1.54) is 19.3 Å². The number of aliphatic hydroxyl groups is 1. The minimum Gasteiger partial charge on any atom is -0.389 e. The summed E-state index contributed by atoms with van der Waals surface area (Å²) in [5, 5.41) is 13.5. The summed E-state index contributed by atoms with van der Waals surface area (Å²) in [6.07, 6.45) is 4.31. The summed E-state index contributed by atoms with van der Waals surface area (Å²) >= 11 is 0. The summed E-state index contributed by atoms with van der Waals surface area (Å²) in [6, 6.07) is 0.485. The van der Waals surface area contributed by atoms with Crippen LogP contribution in [0.4, 0.5) is 0 Å². The number of methoxy groups -OCH3 is 1. The molecule has 0 heterocycles. The average Bonchev–Trinajstić information content (AvgIpc) is 2.71. The molecular formula is C12H26N2O2. The van der Waals surface area contributed by atoms with Gasteiger partial charge < -0.3 is 20.9 Å². The van der Waals surface area contributed by atoms with Gasteiger partial charge in [0.1, 0.15) is 0 Å². The SMILES string of the molecule is COCCC(C)(O)CNC1CCCC1CN. The Morgan fingerprint density at radius 2 is 2.25 bits per heavy atom. The topological polar surface area (TPSA) is 67.5 Å². The van der Waals surface area contributed by atoms with E-state index in [9.17, 15) is 5.11 Å². The second kappa shape index (κ2) is 6.55. The third-order valence-electron chi connectivity index (χ3n) is 3.55. The van der Waals surface area contributed by atoms with Gasteiger partial charge in [0, 0.05) is 32.7 Å². The maximum Gasteiger partial charge on any atom is 0.0765 e. The fraction of sp³-hybridized carbons (Fsp3) is 1.00. The van der Waals surface area contributed by atoms with E-state index < -0.39 is 5.60 Å². The highest BCUT2D eigenvalue weighted by molar-refractivity contribution is 4.86. The molecule has 1 aliphatic rings. The number of rotatable bonds is 7. The van der Waals surface area contributed by atoms with Crippen molar-refractivity contribution in [3.63, 3.8) is 0 Å². The molecule has 1 fully saturated rings. The molecule has 96 valence electrons.